The van der Waals surface area contributed by atoms with Gasteiger partial charge in [-0.25, -0.2) is 4.99 Å². The van der Waals surface area contributed by atoms with Gasteiger partial charge in [-0.3, -0.25) is 9.78 Å². The van der Waals surface area contributed by atoms with Gasteiger partial charge in [-0.2, -0.15) is 0 Å². The van der Waals surface area contributed by atoms with Gasteiger partial charge in [0.1, 0.15) is 0 Å². The Kier molecular flexibility index (Phi) is 9.43. The van der Waals surface area contributed by atoms with Crippen molar-refractivity contribution in [1.82, 2.24) is 20.1 Å². The highest BCUT2D eigenvalue weighted by Crippen LogP contribution is 2.20. The number of aromatic nitrogens is 1. The number of nitrogens with zero attached hydrogens (tertiary/aromatic N) is 4. The number of ether oxygens (including phenoxy) is 1. The number of piperidine rings is 1. The van der Waals surface area contributed by atoms with Crippen LogP contribution in [-0.4, -0.2) is 72.6 Å². The van der Waals surface area contributed by atoms with Crippen LogP contribution in [0.1, 0.15) is 31.0 Å². The molecule has 1 aromatic heterocycles. The second kappa shape index (κ2) is 11.5. The quantitative estimate of drug-likeness (QED) is 0.389. The van der Waals surface area contributed by atoms with E-state index >= 15 is 0 Å². The van der Waals surface area contributed by atoms with Crippen molar-refractivity contribution < 1.29 is 9.53 Å². The molecule has 7 nitrogen and oxygen atoms in total. The van der Waals surface area contributed by atoms with Gasteiger partial charge in [0.15, 0.2) is 5.96 Å². The van der Waals surface area contributed by atoms with E-state index in [4.69, 9.17) is 9.73 Å². The maximum absolute atomic E-state index is 12.7. The molecule has 0 spiro atoms. The third kappa shape index (κ3) is 6.04. The van der Waals surface area contributed by atoms with E-state index in [1.54, 1.807) is 0 Å². The second-order valence-corrected chi connectivity index (χ2v) is 7.14. The minimum Gasteiger partial charge on any atom is -0.378 e. The lowest BCUT2D eigenvalue weighted by molar-refractivity contribution is -0.140. The van der Waals surface area contributed by atoms with E-state index in [0.29, 0.717) is 25.7 Å². The molecule has 8 heteroatoms. The molecule has 0 aliphatic carbocycles. The van der Waals surface area contributed by atoms with E-state index in [9.17, 15) is 4.79 Å². The number of aryl methyl sites for hydroxylation is 1. The number of carbonyl (C=O) groups is 1. The van der Waals surface area contributed by atoms with Crippen molar-refractivity contribution in [3.8, 4) is 0 Å². The Morgan fingerprint density at radius 1 is 1.25 bits per heavy atom. The molecule has 3 heterocycles. The van der Waals surface area contributed by atoms with Crippen LogP contribution in [-0.2, 0) is 16.1 Å². The summed E-state index contributed by atoms with van der Waals surface area (Å²) in [5, 5.41) is 3.39. The molecule has 1 amide bonds. The highest BCUT2D eigenvalue weighted by Gasteiger charge is 2.30. The molecule has 0 aromatic carbocycles. The van der Waals surface area contributed by atoms with E-state index in [1.165, 1.54) is 0 Å². The molecule has 0 unspecified atom stereocenters. The average molecular weight is 501 g/mol. The maximum atomic E-state index is 12.7. The number of guanidine groups is 1. The van der Waals surface area contributed by atoms with Gasteiger partial charge < -0.3 is 19.9 Å². The lowest BCUT2D eigenvalue weighted by atomic mass is 9.95. The highest BCUT2D eigenvalue weighted by molar-refractivity contribution is 14.0. The molecule has 0 saturated carbocycles. The molecule has 0 atom stereocenters. The third-order valence-electron chi connectivity index (χ3n) is 5.30. The summed E-state index contributed by atoms with van der Waals surface area (Å²) in [5.41, 5.74) is 2.16. The van der Waals surface area contributed by atoms with Gasteiger partial charge in [0.25, 0.3) is 0 Å². The first kappa shape index (κ1) is 22.9. The topological polar surface area (TPSA) is 70.1 Å². The summed E-state index contributed by atoms with van der Waals surface area (Å²) in [6, 6.07) is 4.01. The van der Waals surface area contributed by atoms with Gasteiger partial charge in [-0.05, 0) is 38.3 Å². The van der Waals surface area contributed by atoms with Crippen LogP contribution in [0.5, 0.6) is 0 Å². The number of pyridine rings is 1. The highest BCUT2D eigenvalue weighted by atomic mass is 127. The minimum atomic E-state index is 0. The first-order valence-electron chi connectivity index (χ1n) is 9.99. The fourth-order valence-electron chi connectivity index (χ4n) is 3.64. The van der Waals surface area contributed by atoms with Crippen molar-refractivity contribution in [2.45, 2.75) is 33.2 Å². The van der Waals surface area contributed by atoms with E-state index in [2.05, 4.69) is 35.1 Å². The fourth-order valence-corrected chi connectivity index (χ4v) is 3.64. The minimum absolute atomic E-state index is 0. The second-order valence-electron chi connectivity index (χ2n) is 7.14. The first-order chi connectivity index (χ1) is 13.2. The molecule has 2 aliphatic heterocycles. The molecule has 156 valence electrons. The zero-order valence-electron chi connectivity index (χ0n) is 16.9. The van der Waals surface area contributed by atoms with Crippen LogP contribution in [0, 0.1) is 12.8 Å². The summed E-state index contributed by atoms with van der Waals surface area (Å²) in [5.74, 6) is 1.34. The number of halogens is 1. The van der Waals surface area contributed by atoms with Gasteiger partial charge in [-0.15, -0.1) is 24.0 Å². The molecule has 2 saturated heterocycles. The predicted octanol–water partition coefficient (Wildman–Crippen LogP) is 2.04. The molecule has 0 bridgehead atoms. The number of hydrogen-bond donors (Lipinski definition) is 1. The summed E-state index contributed by atoms with van der Waals surface area (Å²) >= 11 is 0. The van der Waals surface area contributed by atoms with E-state index in [0.717, 1.165) is 62.8 Å². The Bertz CT molecular complexity index is 656. The number of hydrogen-bond acceptors (Lipinski definition) is 4. The molecular weight excluding hydrogens is 469 g/mol. The number of aliphatic imine (C=N–C) groups is 1. The monoisotopic (exact) mass is 501 g/mol. The molecule has 3 rings (SSSR count). The lowest BCUT2D eigenvalue weighted by Crippen LogP contribution is -2.50. The zero-order chi connectivity index (χ0) is 19.1. The van der Waals surface area contributed by atoms with Crippen LogP contribution < -0.4 is 5.32 Å². The van der Waals surface area contributed by atoms with Crippen LogP contribution in [0.3, 0.4) is 0 Å². The Morgan fingerprint density at radius 3 is 2.61 bits per heavy atom. The normalized spacial score (nSPS) is 18.6. The van der Waals surface area contributed by atoms with Crippen LogP contribution in [0.25, 0.3) is 0 Å². The third-order valence-corrected chi connectivity index (χ3v) is 5.30. The van der Waals surface area contributed by atoms with Crippen LogP contribution in [0.2, 0.25) is 0 Å². The molecule has 0 radical (unpaired) electrons. The van der Waals surface area contributed by atoms with Crippen molar-refractivity contribution in [2.75, 3.05) is 45.9 Å². The first-order valence-corrected chi connectivity index (χ1v) is 9.99. The molecule has 1 N–H and O–H groups in total. The maximum Gasteiger partial charge on any atom is 0.225 e. The average Bonchev–Trinajstić information content (AvgIpc) is 2.72. The van der Waals surface area contributed by atoms with Crippen molar-refractivity contribution in [1.29, 1.82) is 0 Å². The van der Waals surface area contributed by atoms with Gasteiger partial charge in [0.05, 0.1) is 25.5 Å². The number of amides is 1. The van der Waals surface area contributed by atoms with Crippen molar-refractivity contribution in [3.63, 3.8) is 0 Å². The number of morpholine rings is 1. The van der Waals surface area contributed by atoms with E-state index in [1.807, 2.05) is 17.2 Å². The number of likely N-dealkylation sites (tertiary alicyclic amines) is 1. The standard InChI is InChI=1S/C20H31N5O2.HI/c1-3-21-20(23-15-18-16(2)5-4-8-22-18)25-9-6-17(7-10-25)19(26)24-11-13-27-14-12-24;/h4-5,8,17H,3,6-7,9-15H2,1-2H3,(H,21,23);1H. The summed E-state index contributed by atoms with van der Waals surface area (Å²) in [6.45, 7) is 10.0. The lowest BCUT2D eigenvalue weighted by Gasteiger charge is -2.36. The molecule has 1 aromatic rings. The molecule has 28 heavy (non-hydrogen) atoms. The predicted molar refractivity (Wildman–Crippen MR) is 121 cm³/mol. The molecular formula is C20H32IN5O2. The Labute approximate surface area is 184 Å². The SMILES string of the molecule is CCNC(=NCc1ncccc1C)N1CCC(C(=O)N2CCOCC2)CC1.I. The summed E-state index contributed by atoms with van der Waals surface area (Å²) in [6.07, 6.45) is 3.57. The Balaban J connectivity index is 0.00000280. The van der Waals surface area contributed by atoms with Gasteiger partial charge in [0.2, 0.25) is 5.91 Å². The smallest absolute Gasteiger partial charge is 0.225 e. The summed E-state index contributed by atoms with van der Waals surface area (Å²) in [4.78, 5) is 26.1. The fraction of sp³-hybridized carbons (Fsp3) is 0.650. The summed E-state index contributed by atoms with van der Waals surface area (Å²) < 4.78 is 5.35. The number of carbonyl (C=O) groups excluding carboxylic acids is 1. The molecule has 2 aliphatic rings. The largest absolute Gasteiger partial charge is 0.378 e. The van der Waals surface area contributed by atoms with E-state index in [-0.39, 0.29) is 29.9 Å². The van der Waals surface area contributed by atoms with Crippen molar-refractivity contribution in [2.24, 2.45) is 10.9 Å². The van der Waals surface area contributed by atoms with Gasteiger partial charge in [0, 0.05) is 44.8 Å². The van der Waals surface area contributed by atoms with Crippen LogP contribution in [0.15, 0.2) is 23.3 Å². The van der Waals surface area contributed by atoms with Crippen molar-refractivity contribution in [3.05, 3.63) is 29.6 Å². The zero-order valence-corrected chi connectivity index (χ0v) is 19.2. The van der Waals surface area contributed by atoms with Crippen LogP contribution >= 0.6 is 24.0 Å². The number of nitrogens with one attached hydrogen (secondary N) is 1. The van der Waals surface area contributed by atoms with E-state index < -0.39 is 0 Å². The summed E-state index contributed by atoms with van der Waals surface area (Å²) in [7, 11) is 0. The van der Waals surface area contributed by atoms with Gasteiger partial charge >= 0.3 is 0 Å². The van der Waals surface area contributed by atoms with Crippen LogP contribution in [0.4, 0.5) is 0 Å². The Morgan fingerprint density at radius 2 is 1.96 bits per heavy atom. The van der Waals surface area contributed by atoms with Crippen molar-refractivity contribution >= 4 is 35.8 Å². The molecule has 2 fully saturated rings. The van der Waals surface area contributed by atoms with Gasteiger partial charge in [-0.1, -0.05) is 6.07 Å². The number of rotatable bonds is 4. The Hall–Kier alpha value is -1.42.